The first-order valence-electron chi connectivity index (χ1n) is 8.35. The Kier molecular flexibility index (Phi) is 5.28. The van der Waals surface area contributed by atoms with E-state index in [0.29, 0.717) is 6.61 Å². The number of ether oxygens (including phenoxy) is 1. The molecule has 2 aromatic carbocycles. The maximum atomic E-state index is 10.6. The normalized spacial score (nSPS) is 19.8. The van der Waals surface area contributed by atoms with Crippen molar-refractivity contribution in [3.63, 3.8) is 0 Å². The molecule has 0 aliphatic carbocycles. The zero-order chi connectivity index (χ0) is 16.2. The van der Waals surface area contributed by atoms with Crippen LogP contribution in [0.3, 0.4) is 0 Å². The monoisotopic (exact) mass is 314 g/mol. The third kappa shape index (κ3) is 3.90. The molecule has 2 atom stereocenters. The summed E-state index contributed by atoms with van der Waals surface area (Å²) in [4.78, 5) is 4.66. The maximum absolute atomic E-state index is 10.6. The van der Waals surface area contributed by atoms with Crippen molar-refractivity contribution in [1.29, 1.82) is 0 Å². The van der Waals surface area contributed by atoms with E-state index in [2.05, 4.69) is 42.0 Å². The van der Waals surface area contributed by atoms with Crippen molar-refractivity contribution in [2.75, 3.05) is 39.8 Å². The number of hydrogen-bond acceptors (Lipinski definition) is 4. The first-order chi connectivity index (χ1) is 11.1. The van der Waals surface area contributed by atoms with E-state index in [9.17, 15) is 5.11 Å². The van der Waals surface area contributed by atoms with Crippen LogP contribution in [0.15, 0.2) is 42.5 Å². The van der Waals surface area contributed by atoms with Crippen molar-refractivity contribution < 1.29 is 9.84 Å². The van der Waals surface area contributed by atoms with Gasteiger partial charge < -0.3 is 14.7 Å². The van der Waals surface area contributed by atoms with Gasteiger partial charge in [0.05, 0.1) is 6.61 Å². The van der Waals surface area contributed by atoms with Gasteiger partial charge >= 0.3 is 0 Å². The van der Waals surface area contributed by atoms with Crippen molar-refractivity contribution >= 4 is 10.8 Å². The number of piperazine rings is 1. The minimum absolute atomic E-state index is 0.0355. The van der Waals surface area contributed by atoms with Gasteiger partial charge in [0, 0.05) is 26.2 Å². The molecule has 2 aromatic rings. The maximum Gasteiger partial charge on any atom is 0.107 e. The molecule has 0 bridgehead atoms. The molecule has 1 fully saturated rings. The molecule has 0 saturated carbocycles. The van der Waals surface area contributed by atoms with E-state index in [1.807, 2.05) is 24.3 Å². The largest absolute Gasteiger partial charge is 0.386 e. The average molecular weight is 314 g/mol. The summed E-state index contributed by atoms with van der Waals surface area (Å²) in [5, 5.41) is 12.8. The average Bonchev–Trinajstić information content (AvgIpc) is 2.59. The number of fused-ring (bicyclic) bond motifs is 1. The van der Waals surface area contributed by atoms with Crippen molar-refractivity contribution in [1.82, 2.24) is 9.80 Å². The lowest BCUT2D eigenvalue weighted by atomic mass is 10.0. The molecule has 4 nitrogen and oxygen atoms in total. The van der Waals surface area contributed by atoms with Gasteiger partial charge in [0.15, 0.2) is 0 Å². The van der Waals surface area contributed by atoms with Crippen LogP contribution >= 0.6 is 0 Å². The van der Waals surface area contributed by atoms with E-state index < -0.39 is 6.10 Å². The second kappa shape index (κ2) is 7.41. The summed E-state index contributed by atoms with van der Waals surface area (Å²) in [5.41, 5.74) is 0.939. The minimum Gasteiger partial charge on any atom is -0.386 e. The molecule has 4 heteroatoms. The fourth-order valence-corrected chi connectivity index (χ4v) is 3.15. The Morgan fingerprint density at radius 2 is 1.74 bits per heavy atom. The van der Waals surface area contributed by atoms with E-state index in [1.165, 1.54) is 0 Å². The Hall–Kier alpha value is -1.46. The first-order valence-corrected chi connectivity index (χ1v) is 8.35. The molecule has 1 saturated heterocycles. The third-order valence-corrected chi connectivity index (χ3v) is 4.73. The molecule has 1 aliphatic rings. The van der Waals surface area contributed by atoms with Gasteiger partial charge in [-0.2, -0.15) is 0 Å². The fraction of sp³-hybridized carbons (Fsp3) is 0.474. The molecule has 0 spiro atoms. The summed E-state index contributed by atoms with van der Waals surface area (Å²) in [6, 6.07) is 14.2. The summed E-state index contributed by atoms with van der Waals surface area (Å²) in [7, 11) is 2.15. The van der Waals surface area contributed by atoms with Crippen LogP contribution in [0.4, 0.5) is 0 Å². The van der Waals surface area contributed by atoms with Crippen molar-refractivity contribution in [2.45, 2.75) is 19.3 Å². The minimum atomic E-state index is -0.601. The topological polar surface area (TPSA) is 35.9 Å². The molecule has 0 radical (unpaired) electrons. The summed E-state index contributed by atoms with van der Waals surface area (Å²) in [6.07, 6.45) is -0.565. The summed E-state index contributed by atoms with van der Waals surface area (Å²) in [5.74, 6) is 0. The van der Waals surface area contributed by atoms with Crippen LogP contribution in [0, 0.1) is 0 Å². The molecular formula is C19H26N2O2. The highest BCUT2D eigenvalue weighted by atomic mass is 16.5. The third-order valence-electron chi connectivity index (χ3n) is 4.73. The highest BCUT2D eigenvalue weighted by Crippen LogP contribution is 2.24. The summed E-state index contributed by atoms with van der Waals surface area (Å²) < 4.78 is 5.94. The quantitative estimate of drug-likeness (QED) is 0.920. The lowest BCUT2D eigenvalue weighted by Crippen LogP contribution is -2.49. The Morgan fingerprint density at radius 3 is 2.52 bits per heavy atom. The van der Waals surface area contributed by atoms with Crippen molar-refractivity contribution in [2.24, 2.45) is 0 Å². The molecule has 1 aliphatic heterocycles. The van der Waals surface area contributed by atoms with Crippen LogP contribution in [0.25, 0.3) is 10.8 Å². The molecule has 1 N–H and O–H groups in total. The number of rotatable bonds is 5. The lowest BCUT2D eigenvalue weighted by Gasteiger charge is -2.36. The van der Waals surface area contributed by atoms with Crippen LogP contribution in [-0.4, -0.2) is 61.0 Å². The van der Waals surface area contributed by atoms with Crippen LogP contribution in [0.2, 0.25) is 0 Å². The number of likely N-dealkylation sites (N-methyl/N-ethyl adjacent to an activating group) is 1. The molecule has 1 heterocycles. The number of benzene rings is 2. The van der Waals surface area contributed by atoms with Crippen LogP contribution in [-0.2, 0) is 4.74 Å². The molecule has 0 amide bonds. The highest BCUT2D eigenvalue weighted by Gasteiger charge is 2.21. The summed E-state index contributed by atoms with van der Waals surface area (Å²) >= 11 is 0. The van der Waals surface area contributed by atoms with E-state index in [-0.39, 0.29) is 6.23 Å². The zero-order valence-electron chi connectivity index (χ0n) is 14.0. The fourth-order valence-electron chi connectivity index (χ4n) is 3.15. The predicted molar refractivity (Wildman–Crippen MR) is 93.4 cm³/mol. The van der Waals surface area contributed by atoms with Gasteiger partial charge in [0.2, 0.25) is 0 Å². The molecular weight excluding hydrogens is 288 g/mol. The lowest BCUT2D eigenvalue weighted by molar-refractivity contribution is -0.0882. The van der Waals surface area contributed by atoms with Gasteiger partial charge in [-0.3, -0.25) is 4.90 Å². The van der Waals surface area contributed by atoms with E-state index in [4.69, 9.17) is 4.74 Å². The number of aliphatic hydroxyl groups excluding tert-OH is 1. The smallest absolute Gasteiger partial charge is 0.107 e. The van der Waals surface area contributed by atoms with Gasteiger partial charge in [0.1, 0.15) is 12.3 Å². The molecule has 23 heavy (non-hydrogen) atoms. The van der Waals surface area contributed by atoms with E-state index in [1.54, 1.807) is 0 Å². The second-order valence-corrected chi connectivity index (χ2v) is 6.36. The predicted octanol–water partition coefficient (Wildman–Crippen LogP) is 2.48. The summed E-state index contributed by atoms with van der Waals surface area (Å²) in [6.45, 7) is 6.56. The van der Waals surface area contributed by atoms with Crippen molar-refractivity contribution in [3.05, 3.63) is 48.0 Å². The standard InChI is InChI=1S/C19H26N2O2/c1-15(21-12-10-20(2)11-13-21)23-14-19(22)18-9-5-7-16-6-3-4-8-17(16)18/h3-9,15,19,22H,10-14H2,1-2H3. The van der Waals surface area contributed by atoms with E-state index >= 15 is 0 Å². The van der Waals surface area contributed by atoms with Gasteiger partial charge in [-0.1, -0.05) is 42.5 Å². The molecule has 3 rings (SSSR count). The Balaban J connectivity index is 1.61. The van der Waals surface area contributed by atoms with Crippen LogP contribution in [0.1, 0.15) is 18.6 Å². The van der Waals surface area contributed by atoms with Gasteiger partial charge in [0.25, 0.3) is 0 Å². The van der Waals surface area contributed by atoms with Crippen molar-refractivity contribution in [3.8, 4) is 0 Å². The van der Waals surface area contributed by atoms with E-state index in [0.717, 1.165) is 42.5 Å². The number of nitrogens with zero attached hydrogens (tertiary/aromatic N) is 2. The van der Waals surface area contributed by atoms with Crippen LogP contribution < -0.4 is 0 Å². The van der Waals surface area contributed by atoms with Gasteiger partial charge in [-0.25, -0.2) is 0 Å². The van der Waals surface area contributed by atoms with Gasteiger partial charge in [-0.15, -0.1) is 0 Å². The Labute approximate surface area is 138 Å². The first kappa shape index (κ1) is 16.4. The molecule has 0 aromatic heterocycles. The molecule has 124 valence electrons. The molecule has 2 unspecified atom stereocenters. The Bertz CT molecular complexity index is 633. The highest BCUT2D eigenvalue weighted by molar-refractivity contribution is 5.85. The zero-order valence-corrected chi connectivity index (χ0v) is 14.0. The Morgan fingerprint density at radius 1 is 1.04 bits per heavy atom. The SMILES string of the molecule is CC(OCC(O)c1cccc2ccccc12)N1CCN(C)CC1. The van der Waals surface area contributed by atoms with Crippen LogP contribution in [0.5, 0.6) is 0 Å². The van der Waals surface area contributed by atoms with Gasteiger partial charge in [-0.05, 0) is 30.3 Å². The number of aliphatic hydroxyl groups is 1. The number of hydrogen-bond donors (Lipinski definition) is 1. The second-order valence-electron chi connectivity index (χ2n) is 6.36.